The number of ether oxygens (including phenoxy) is 1. The first-order valence-electron chi connectivity index (χ1n) is 3.94. The maximum absolute atomic E-state index is 13.1. The van der Waals surface area contributed by atoms with Crippen molar-refractivity contribution in [2.45, 2.75) is 0 Å². The average molecular weight is 194 g/mol. The van der Waals surface area contributed by atoms with E-state index in [2.05, 4.69) is 14.7 Å². The van der Waals surface area contributed by atoms with Crippen LogP contribution in [0, 0.1) is 5.82 Å². The van der Waals surface area contributed by atoms with Crippen molar-refractivity contribution in [2.75, 3.05) is 7.11 Å². The van der Waals surface area contributed by atoms with Gasteiger partial charge in [0.05, 0.1) is 18.8 Å². The smallest absolute Gasteiger partial charge is 0.357 e. The summed E-state index contributed by atoms with van der Waals surface area (Å²) in [4.78, 5) is 17.6. The van der Waals surface area contributed by atoms with Crippen LogP contribution >= 0.6 is 0 Å². The van der Waals surface area contributed by atoms with Crippen molar-refractivity contribution in [1.82, 2.24) is 9.97 Å². The topological polar surface area (TPSA) is 55.0 Å². The van der Waals surface area contributed by atoms with Crippen LogP contribution in [0.1, 0.15) is 10.5 Å². The minimum Gasteiger partial charge on any atom is -0.464 e. The number of nitrogens with one attached hydrogen (secondary N) is 1. The van der Waals surface area contributed by atoms with E-state index in [1.54, 1.807) is 12.3 Å². The van der Waals surface area contributed by atoms with Crippen molar-refractivity contribution >= 4 is 16.9 Å². The Morgan fingerprint density at radius 3 is 3.14 bits per heavy atom. The number of fused-ring (bicyclic) bond motifs is 1. The Labute approximate surface area is 78.7 Å². The van der Waals surface area contributed by atoms with Crippen molar-refractivity contribution in [3.05, 3.63) is 30.0 Å². The van der Waals surface area contributed by atoms with E-state index >= 15 is 0 Å². The molecule has 0 fully saturated rings. The molecule has 2 heterocycles. The number of hydrogen-bond acceptors (Lipinski definition) is 3. The van der Waals surface area contributed by atoms with Gasteiger partial charge in [0.25, 0.3) is 0 Å². The largest absolute Gasteiger partial charge is 0.464 e. The van der Waals surface area contributed by atoms with Crippen LogP contribution in [0.4, 0.5) is 4.39 Å². The van der Waals surface area contributed by atoms with Crippen LogP contribution in [0.3, 0.4) is 0 Å². The Balaban J connectivity index is 2.72. The second-order valence-corrected chi connectivity index (χ2v) is 2.71. The summed E-state index contributed by atoms with van der Waals surface area (Å²) in [6.45, 7) is 0. The van der Waals surface area contributed by atoms with Crippen molar-refractivity contribution in [3.63, 3.8) is 0 Å². The lowest BCUT2D eigenvalue weighted by Gasteiger charge is -2.00. The van der Waals surface area contributed by atoms with Gasteiger partial charge in [0.15, 0.2) is 11.5 Å². The van der Waals surface area contributed by atoms with Crippen LogP contribution in [-0.2, 0) is 4.74 Å². The van der Waals surface area contributed by atoms with Gasteiger partial charge in [-0.05, 0) is 6.07 Å². The van der Waals surface area contributed by atoms with Crippen molar-refractivity contribution in [3.8, 4) is 0 Å². The fourth-order valence-electron chi connectivity index (χ4n) is 1.28. The van der Waals surface area contributed by atoms with E-state index in [0.717, 1.165) is 6.20 Å². The van der Waals surface area contributed by atoms with E-state index in [4.69, 9.17) is 0 Å². The number of methoxy groups -OCH3 is 1. The quantitative estimate of drug-likeness (QED) is 0.699. The molecule has 4 nitrogen and oxygen atoms in total. The van der Waals surface area contributed by atoms with Gasteiger partial charge in [-0.2, -0.15) is 0 Å². The third-order valence-corrected chi connectivity index (χ3v) is 1.93. The van der Waals surface area contributed by atoms with Crippen LogP contribution in [0.5, 0.6) is 0 Å². The number of halogens is 1. The number of aromatic amines is 1. The molecular weight excluding hydrogens is 187 g/mol. The zero-order valence-electron chi connectivity index (χ0n) is 7.37. The maximum Gasteiger partial charge on any atom is 0.357 e. The molecule has 0 saturated heterocycles. The SMILES string of the molecule is COC(=O)c1ncc(F)c2[nH]ccc12. The summed E-state index contributed by atoms with van der Waals surface area (Å²) < 4.78 is 17.6. The number of carbonyl (C=O) groups is 1. The molecule has 0 atom stereocenters. The second-order valence-electron chi connectivity index (χ2n) is 2.71. The summed E-state index contributed by atoms with van der Waals surface area (Å²) in [6, 6.07) is 1.58. The third kappa shape index (κ3) is 1.14. The molecule has 72 valence electrons. The Hall–Kier alpha value is -1.91. The minimum atomic E-state index is -0.574. The lowest BCUT2D eigenvalue weighted by molar-refractivity contribution is 0.0596. The van der Waals surface area contributed by atoms with Gasteiger partial charge in [0.1, 0.15) is 0 Å². The fraction of sp³-hybridized carbons (Fsp3) is 0.111. The molecule has 0 aliphatic rings. The molecule has 0 aromatic carbocycles. The number of pyridine rings is 1. The average Bonchev–Trinajstić information content (AvgIpc) is 2.67. The third-order valence-electron chi connectivity index (χ3n) is 1.93. The lowest BCUT2D eigenvalue weighted by atomic mass is 10.2. The zero-order chi connectivity index (χ0) is 10.1. The highest BCUT2D eigenvalue weighted by Gasteiger charge is 2.14. The van der Waals surface area contributed by atoms with Gasteiger partial charge in [-0.15, -0.1) is 0 Å². The molecule has 2 rings (SSSR count). The number of rotatable bonds is 1. The standard InChI is InChI=1S/C9H7FN2O2/c1-14-9(13)8-5-2-3-11-7(5)6(10)4-12-8/h2-4,11H,1H3. The van der Waals surface area contributed by atoms with Gasteiger partial charge >= 0.3 is 5.97 Å². The molecule has 0 unspecified atom stereocenters. The molecule has 0 spiro atoms. The van der Waals surface area contributed by atoms with Crippen LogP contribution in [0.2, 0.25) is 0 Å². The summed E-state index contributed by atoms with van der Waals surface area (Å²) >= 11 is 0. The summed E-state index contributed by atoms with van der Waals surface area (Å²) in [5.41, 5.74) is 0.380. The van der Waals surface area contributed by atoms with Gasteiger partial charge in [-0.1, -0.05) is 0 Å². The first kappa shape index (κ1) is 8.68. The molecular formula is C9H7FN2O2. The molecule has 0 aliphatic heterocycles. The van der Waals surface area contributed by atoms with Crippen LogP contribution < -0.4 is 0 Å². The Bertz CT molecular complexity index is 493. The van der Waals surface area contributed by atoms with Crippen molar-refractivity contribution < 1.29 is 13.9 Å². The van der Waals surface area contributed by atoms with Crippen LogP contribution in [0.25, 0.3) is 10.9 Å². The number of hydrogen-bond donors (Lipinski definition) is 1. The number of H-pyrrole nitrogens is 1. The predicted molar refractivity (Wildman–Crippen MR) is 47.4 cm³/mol. The molecule has 0 saturated carbocycles. The maximum atomic E-state index is 13.1. The lowest BCUT2D eigenvalue weighted by Crippen LogP contribution is -2.05. The summed E-state index contributed by atoms with van der Waals surface area (Å²) in [7, 11) is 1.26. The van der Waals surface area contributed by atoms with E-state index in [1.807, 2.05) is 0 Å². The summed E-state index contributed by atoms with van der Waals surface area (Å²) in [5.74, 6) is -1.06. The second kappa shape index (κ2) is 3.10. The normalized spacial score (nSPS) is 10.4. The number of carbonyl (C=O) groups excluding carboxylic acids is 1. The minimum absolute atomic E-state index is 0.116. The van der Waals surface area contributed by atoms with Crippen molar-refractivity contribution in [1.29, 1.82) is 0 Å². The van der Waals surface area contributed by atoms with Crippen LogP contribution in [0.15, 0.2) is 18.5 Å². The monoisotopic (exact) mass is 194 g/mol. The molecule has 2 aromatic heterocycles. The van der Waals surface area contributed by atoms with Crippen molar-refractivity contribution in [2.24, 2.45) is 0 Å². The highest BCUT2D eigenvalue weighted by Crippen LogP contribution is 2.18. The molecule has 0 bridgehead atoms. The van der Waals surface area contributed by atoms with Gasteiger partial charge in [-0.25, -0.2) is 14.2 Å². The predicted octanol–water partition coefficient (Wildman–Crippen LogP) is 1.49. The Kier molecular flexibility index (Phi) is 1.92. The molecule has 0 amide bonds. The number of nitrogens with zero attached hydrogens (tertiary/aromatic N) is 1. The first-order chi connectivity index (χ1) is 6.74. The van der Waals surface area contributed by atoms with E-state index in [9.17, 15) is 9.18 Å². The van der Waals surface area contributed by atoms with Gasteiger partial charge in [-0.3, -0.25) is 0 Å². The van der Waals surface area contributed by atoms with E-state index < -0.39 is 11.8 Å². The molecule has 1 N–H and O–H groups in total. The van der Waals surface area contributed by atoms with Crippen LogP contribution in [-0.4, -0.2) is 23.0 Å². The molecule has 0 radical (unpaired) electrons. The Morgan fingerprint density at radius 1 is 1.64 bits per heavy atom. The van der Waals surface area contributed by atoms with Gasteiger partial charge in [0.2, 0.25) is 0 Å². The summed E-state index contributed by atoms with van der Waals surface area (Å²) in [6.07, 6.45) is 2.53. The number of esters is 1. The highest BCUT2D eigenvalue weighted by molar-refractivity contribution is 6.01. The summed E-state index contributed by atoms with van der Waals surface area (Å²) in [5, 5.41) is 0.428. The van der Waals surface area contributed by atoms with E-state index in [0.29, 0.717) is 5.39 Å². The molecule has 0 aliphatic carbocycles. The van der Waals surface area contributed by atoms with E-state index in [1.165, 1.54) is 7.11 Å². The van der Waals surface area contributed by atoms with E-state index in [-0.39, 0.29) is 11.2 Å². The Morgan fingerprint density at radius 2 is 2.43 bits per heavy atom. The number of aromatic nitrogens is 2. The fourth-order valence-corrected chi connectivity index (χ4v) is 1.28. The molecule has 5 heteroatoms. The zero-order valence-corrected chi connectivity index (χ0v) is 7.37. The molecule has 14 heavy (non-hydrogen) atoms. The first-order valence-corrected chi connectivity index (χ1v) is 3.94. The molecule has 2 aromatic rings. The van der Waals surface area contributed by atoms with Gasteiger partial charge in [0, 0.05) is 11.6 Å². The highest BCUT2D eigenvalue weighted by atomic mass is 19.1. The van der Waals surface area contributed by atoms with Gasteiger partial charge < -0.3 is 9.72 Å².